The quantitative estimate of drug-likeness (QED) is 0.619. The predicted molar refractivity (Wildman–Crippen MR) is 46.7 cm³/mol. The monoisotopic (exact) mass is 183 g/mol. The molecule has 0 radical (unpaired) electrons. The predicted octanol–water partition coefficient (Wildman–Crippen LogP) is -0.0176. The van der Waals surface area contributed by atoms with Gasteiger partial charge in [-0.1, -0.05) is 0 Å². The standard InChI is InChI=1S/C8H13N3O2/c1-10-5-4-7(9-10)6-8(12)11(2)13-3/h4-5H,6H2,1-3H3. The zero-order valence-corrected chi connectivity index (χ0v) is 8.02. The SMILES string of the molecule is CON(C)C(=O)Cc1ccn(C)n1. The highest BCUT2D eigenvalue weighted by atomic mass is 16.7. The second-order valence-electron chi connectivity index (χ2n) is 2.73. The highest BCUT2D eigenvalue weighted by Crippen LogP contribution is 1.98. The molecule has 0 aliphatic heterocycles. The van der Waals surface area contributed by atoms with Crippen molar-refractivity contribution in [2.24, 2.45) is 7.05 Å². The van der Waals surface area contributed by atoms with Gasteiger partial charge in [0.1, 0.15) is 0 Å². The molecule has 72 valence electrons. The summed E-state index contributed by atoms with van der Waals surface area (Å²) in [5.41, 5.74) is 0.747. The van der Waals surface area contributed by atoms with Crippen molar-refractivity contribution in [3.63, 3.8) is 0 Å². The van der Waals surface area contributed by atoms with Gasteiger partial charge in [0.25, 0.3) is 5.91 Å². The van der Waals surface area contributed by atoms with Gasteiger partial charge in [0.2, 0.25) is 0 Å². The van der Waals surface area contributed by atoms with Gasteiger partial charge < -0.3 is 0 Å². The summed E-state index contributed by atoms with van der Waals surface area (Å²) in [6, 6.07) is 1.81. The number of nitrogens with zero attached hydrogens (tertiary/aromatic N) is 3. The molecule has 13 heavy (non-hydrogen) atoms. The molecule has 0 saturated heterocycles. The molecule has 0 N–H and O–H groups in total. The minimum atomic E-state index is -0.110. The van der Waals surface area contributed by atoms with E-state index in [1.807, 2.05) is 7.05 Å². The molecule has 1 heterocycles. The first-order chi connectivity index (χ1) is 6.13. The first-order valence-electron chi connectivity index (χ1n) is 3.92. The molecule has 0 aromatic carbocycles. The maximum atomic E-state index is 11.3. The Balaban J connectivity index is 2.54. The lowest BCUT2D eigenvalue weighted by atomic mass is 10.3. The number of rotatable bonds is 3. The van der Waals surface area contributed by atoms with Crippen LogP contribution in [0.3, 0.4) is 0 Å². The molecule has 0 saturated carbocycles. The van der Waals surface area contributed by atoms with Gasteiger partial charge in [0.05, 0.1) is 19.2 Å². The summed E-state index contributed by atoms with van der Waals surface area (Å²) in [5.74, 6) is -0.110. The zero-order valence-electron chi connectivity index (χ0n) is 8.02. The number of carbonyl (C=O) groups is 1. The number of aryl methyl sites for hydroxylation is 1. The van der Waals surface area contributed by atoms with E-state index in [1.165, 1.54) is 12.2 Å². The fourth-order valence-electron chi connectivity index (χ4n) is 0.926. The molecule has 5 heteroatoms. The van der Waals surface area contributed by atoms with Gasteiger partial charge in [0, 0.05) is 20.3 Å². The van der Waals surface area contributed by atoms with Gasteiger partial charge in [-0.25, -0.2) is 5.06 Å². The topological polar surface area (TPSA) is 47.4 Å². The van der Waals surface area contributed by atoms with Crippen LogP contribution in [0.25, 0.3) is 0 Å². The van der Waals surface area contributed by atoms with Crippen LogP contribution in [0.2, 0.25) is 0 Å². The Bertz CT molecular complexity index is 295. The number of hydroxylamine groups is 2. The highest BCUT2D eigenvalue weighted by Gasteiger charge is 2.10. The van der Waals surface area contributed by atoms with Crippen LogP contribution in [-0.2, 0) is 23.1 Å². The number of carbonyl (C=O) groups excluding carboxylic acids is 1. The number of amides is 1. The van der Waals surface area contributed by atoms with E-state index in [0.29, 0.717) is 0 Å². The minimum absolute atomic E-state index is 0.110. The summed E-state index contributed by atoms with van der Waals surface area (Å²) in [6.07, 6.45) is 2.07. The molecular formula is C8H13N3O2. The number of likely N-dealkylation sites (N-methyl/N-ethyl adjacent to an activating group) is 1. The van der Waals surface area contributed by atoms with E-state index in [-0.39, 0.29) is 12.3 Å². The van der Waals surface area contributed by atoms with Gasteiger partial charge in [0.15, 0.2) is 0 Å². The summed E-state index contributed by atoms with van der Waals surface area (Å²) >= 11 is 0. The molecule has 1 amide bonds. The lowest BCUT2D eigenvalue weighted by Crippen LogP contribution is -2.27. The first kappa shape index (κ1) is 9.73. The molecule has 1 aromatic rings. The normalized spacial score (nSPS) is 10.1. The summed E-state index contributed by atoms with van der Waals surface area (Å²) in [6.45, 7) is 0. The number of hydrogen-bond acceptors (Lipinski definition) is 3. The van der Waals surface area contributed by atoms with Gasteiger partial charge in [-0.3, -0.25) is 14.3 Å². The van der Waals surface area contributed by atoms with E-state index in [1.54, 1.807) is 24.0 Å². The lowest BCUT2D eigenvalue weighted by Gasteiger charge is -2.12. The Labute approximate surface area is 76.9 Å². The lowest BCUT2D eigenvalue weighted by molar-refractivity contribution is -0.167. The summed E-state index contributed by atoms with van der Waals surface area (Å²) in [5, 5.41) is 5.27. The summed E-state index contributed by atoms with van der Waals surface area (Å²) < 4.78 is 1.66. The van der Waals surface area contributed by atoms with Crippen LogP contribution in [0.15, 0.2) is 12.3 Å². The molecule has 0 bridgehead atoms. The molecule has 0 aliphatic carbocycles. The molecule has 5 nitrogen and oxygen atoms in total. The fraction of sp³-hybridized carbons (Fsp3) is 0.500. The summed E-state index contributed by atoms with van der Waals surface area (Å²) in [4.78, 5) is 16.0. The largest absolute Gasteiger partial charge is 0.276 e. The Morgan fingerprint density at radius 3 is 2.92 bits per heavy atom. The summed E-state index contributed by atoms with van der Waals surface area (Å²) in [7, 11) is 4.84. The third-order valence-electron chi connectivity index (χ3n) is 1.73. The van der Waals surface area contributed by atoms with Crippen molar-refractivity contribution >= 4 is 5.91 Å². The highest BCUT2D eigenvalue weighted by molar-refractivity contribution is 5.76. The Kier molecular flexibility index (Phi) is 3.02. The number of aromatic nitrogens is 2. The van der Waals surface area contributed by atoms with Crippen LogP contribution in [0.5, 0.6) is 0 Å². The maximum Gasteiger partial charge on any atom is 0.251 e. The number of hydrogen-bond donors (Lipinski definition) is 0. The van der Waals surface area contributed by atoms with Gasteiger partial charge in [-0.05, 0) is 6.07 Å². The van der Waals surface area contributed by atoms with Crippen LogP contribution in [-0.4, -0.2) is 34.9 Å². The maximum absolute atomic E-state index is 11.3. The smallest absolute Gasteiger partial charge is 0.251 e. The van der Waals surface area contributed by atoms with Crippen molar-refractivity contribution in [3.8, 4) is 0 Å². The van der Waals surface area contributed by atoms with Crippen LogP contribution in [0.4, 0.5) is 0 Å². The first-order valence-corrected chi connectivity index (χ1v) is 3.92. The van der Waals surface area contributed by atoms with Crippen LogP contribution in [0.1, 0.15) is 5.69 Å². The molecule has 1 rings (SSSR count). The van der Waals surface area contributed by atoms with Crippen molar-refractivity contribution in [3.05, 3.63) is 18.0 Å². The van der Waals surface area contributed by atoms with Crippen molar-refractivity contribution in [1.29, 1.82) is 0 Å². The van der Waals surface area contributed by atoms with Crippen molar-refractivity contribution in [2.45, 2.75) is 6.42 Å². The molecule has 0 spiro atoms. The molecule has 0 atom stereocenters. The van der Waals surface area contributed by atoms with E-state index in [4.69, 9.17) is 4.84 Å². The zero-order chi connectivity index (χ0) is 9.84. The Hall–Kier alpha value is -1.36. The van der Waals surface area contributed by atoms with Gasteiger partial charge >= 0.3 is 0 Å². The van der Waals surface area contributed by atoms with E-state index in [9.17, 15) is 4.79 Å². The molecule has 0 unspecified atom stereocenters. The second kappa shape index (κ2) is 4.04. The van der Waals surface area contributed by atoms with Crippen LogP contribution >= 0.6 is 0 Å². The average Bonchev–Trinajstić information content (AvgIpc) is 2.49. The molecular weight excluding hydrogens is 170 g/mol. The fourth-order valence-corrected chi connectivity index (χ4v) is 0.926. The van der Waals surface area contributed by atoms with E-state index in [0.717, 1.165) is 5.69 Å². The minimum Gasteiger partial charge on any atom is -0.276 e. The molecule has 1 aromatic heterocycles. The second-order valence-corrected chi connectivity index (χ2v) is 2.73. The third-order valence-corrected chi connectivity index (χ3v) is 1.73. The molecule has 0 fully saturated rings. The van der Waals surface area contributed by atoms with Crippen LogP contribution in [0, 0.1) is 0 Å². The molecule has 0 aliphatic rings. The van der Waals surface area contributed by atoms with Crippen molar-refractivity contribution < 1.29 is 9.63 Å². The van der Waals surface area contributed by atoms with Crippen molar-refractivity contribution in [2.75, 3.05) is 14.2 Å². The van der Waals surface area contributed by atoms with E-state index in [2.05, 4.69) is 5.10 Å². The Morgan fingerprint density at radius 1 is 1.77 bits per heavy atom. The van der Waals surface area contributed by atoms with Gasteiger partial charge in [-0.15, -0.1) is 0 Å². The van der Waals surface area contributed by atoms with Crippen molar-refractivity contribution in [1.82, 2.24) is 14.8 Å². The third kappa shape index (κ3) is 2.55. The van der Waals surface area contributed by atoms with E-state index >= 15 is 0 Å². The Morgan fingerprint density at radius 2 is 2.46 bits per heavy atom. The average molecular weight is 183 g/mol. The van der Waals surface area contributed by atoms with E-state index < -0.39 is 0 Å². The van der Waals surface area contributed by atoms with Crippen LogP contribution < -0.4 is 0 Å². The van der Waals surface area contributed by atoms with Gasteiger partial charge in [-0.2, -0.15) is 5.10 Å².